The van der Waals surface area contributed by atoms with Crippen LogP contribution in [-0.2, 0) is 6.42 Å². The van der Waals surface area contributed by atoms with Crippen LogP contribution in [-0.4, -0.2) is 27.4 Å². The summed E-state index contributed by atoms with van der Waals surface area (Å²) in [6.45, 7) is 7.96. The molecule has 0 unspecified atom stereocenters. The monoisotopic (exact) mass is 520 g/mol. The Morgan fingerprint density at radius 1 is 1.31 bits per heavy atom. The van der Waals surface area contributed by atoms with Crippen LogP contribution < -0.4 is 10.3 Å². The first-order valence-electron chi connectivity index (χ1n) is 9.86. The zero-order valence-corrected chi connectivity index (χ0v) is 20.4. The quantitative estimate of drug-likeness (QED) is 0.239. The Balaban J connectivity index is 2.17. The summed E-state index contributed by atoms with van der Waals surface area (Å²) in [5.74, 6) is 0.496. The lowest BCUT2D eigenvalue weighted by atomic mass is 9.98. The first-order chi connectivity index (χ1) is 15.0. The molecule has 3 rings (SSSR count). The minimum atomic E-state index is -0.556. The molecule has 0 aliphatic heterocycles. The van der Waals surface area contributed by atoms with Crippen LogP contribution in [0.3, 0.4) is 0 Å². The van der Waals surface area contributed by atoms with Crippen molar-refractivity contribution in [2.24, 2.45) is 10.5 Å². The summed E-state index contributed by atoms with van der Waals surface area (Å²) in [6, 6.07) is 7.99. The maximum atomic E-state index is 13.1. The fourth-order valence-electron chi connectivity index (χ4n) is 2.94. The van der Waals surface area contributed by atoms with Crippen molar-refractivity contribution in [3.8, 4) is 5.75 Å². The summed E-state index contributed by atoms with van der Waals surface area (Å²) >= 11 is 9.48. The standard InChI is InChI=1S/C22H22BrClN4O4/c1-5-19-26-17-7-6-14(23)9-16(17)21(29)27(19)25-11-13-8-15(24)10-18(28(30)31)20(13)32-12-22(2,3)4/h6-11H,5,12H2,1-4H3. The van der Waals surface area contributed by atoms with E-state index in [9.17, 15) is 14.9 Å². The molecule has 0 saturated heterocycles. The average molecular weight is 522 g/mol. The molecule has 1 heterocycles. The van der Waals surface area contributed by atoms with Crippen LogP contribution in [0.1, 0.15) is 39.1 Å². The Kier molecular flexibility index (Phi) is 7.00. The van der Waals surface area contributed by atoms with E-state index in [1.54, 1.807) is 12.1 Å². The van der Waals surface area contributed by atoms with Crippen molar-refractivity contribution in [3.05, 3.63) is 71.7 Å². The van der Waals surface area contributed by atoms with Gasteiger partial charge in [-0.25, -0.2) is 4.98 Å². The highest BCUT2D eigenvalue weighted by Crippen LogP contribution is 2.35. The maximum Gasteiger partial charge on any atom is 0.313 e. The van der Waals surface area contributed by atoms with E-state index in [2.05, 4.69) is 26.0 Å². The predicted octanol–water partition coefficient (Wildman–Crippen LogP) is 5.59. The zero-order chi connectivity index (χ0) is 23.6. The average Bonchev–Trinajstić information content (AvgIpc) is 2.71. The zero-order valence-electron chi connectivity index (χ0n) is 18.1. The number of nitro groups is 1. The van der Waals surface area contributed by atoms with E-state index >= 15 is 0 Å². The summed E-state index contributed by atoms with van der Waals surface area (Å²) in [7, 11) is 0. The summed E-state index contributed by atoms with van der Waals surface area (Å²) in [5, 5.41) is 16.5. The van der Waals surface area contributed by atoms with Gasteiger partial charge in [0.25, 0.3) is 5.56 Å². The van der Waals surface area contributed by atoms with Crippen molar-refractivity contribution in [1.29, 1.82) is 0 Å². The van der Waals surface area contributed by atoms with Crippen LogP contribution in [0.25, 0.3) is 10.9 Å². The number of aromatic nitrogens is 2. The van der Waals surface area contributed by atoms with Gasteiger partial charge in [-0.2, -0.15) is 9.78 Å². The maximum absolute atomic E-state index is 13.1. The summed E-state index contributed by atoms with van der Waals surface area (Å²) in [4.78, 5) is 28.7. The minimum Gasteiger partial charge on any atom is -0.486 e. The SMILES string of the molecule is CCc1nc2ccc(Br)cc2c(=O)n1N=Cc1cc(Cl)cc([N+](=O)[O-])c1OCC(C)(C)C. The molecular weight excluding hydrogens is 500 g/mol. The molecule has 0 bridgehead atoms. The molecule has 0 radical (unpaired) electrons. The van der Waals surface area contributed by atoms with E-state index in [1.165, 1.54) is 23.0 Å². The Morgan fingerprint density at radius 2 is 2.03 bits per heavy atom. The summed E-state index contributed by atoms with van der Waals surface area (Å²) in [6.07, 6.45) is 1.80. The van der Waals surface area contributed by atoms with Gasteiger partial charge in [0.2, 0.25) is 5.75 Å². The highest BCUT2D eigenvalue weighted by atomic mass is 79.9. The predicted molar refractivity (Wildman–Crippen MR) is 129 cm³/mol. The van der Waals surface area contributed by atoms with Crippen LogP contribution in [0.2, 0.25) is 5.02 Å². The molecule has 32 heavy (non-hydrogen) atoms. The van der Waals surface area contributed by atoms with Gasteiger partial charge in [0, 0.05) is 27.5 Å². The Labute approximate surface area is 198 Å². The second-order valence-electron chi connectivity index (χ2n) is 8.35. The molecule has 3 aromatic rings. The van der Waals surface area contributed by atoms with Gasteiger partial charge in [0.15, 0.2) is 0 Å². The van der Waals surface area contributed by atoms with Crippen LogP contribution >= 0.6 is 27.5 Å². The van der Waals surface area contributed by atoms with E-state index in [0.29, 0.717) is 23.1 Å². The van der Waals surface area contributed by atoms with Gasteiger partial charge in [0.1, 0.15) is 5.82 Å². The van der Waals surface area contributed by atoms with Crippen LogP contribution in [0.5, 0.6) is 5.75 Å². The van der Waals surface area contributed by atoms with E-state index in [4.69, 9.17) is 16.3 Å². The topological polar surface area (TPSA) is 99.6 Å². The van der Waals surface area contributed by atoms with Crippen molar-refractivity contribution in [2.75, 3.05) is 6.61 Å². The first kappa shape index (κ1) is 23.9. The normalized spacial score (nSPS) is 11.9. The molecule has 1 aromatic heterocycles. The molecule has 0 atom stereocenters. The number of nitrogens with zero attached hydrogens (tertiary/aromatic N) is 4. The number of halogens is 2. The summed E-state index contributed by atoms with van der Waals surface area (Å²) in [5.41, 5.74) is -0.0000763. The second kappa shape index (κ2) is 9.38. The number of rotatable bonds is 6. The van der Waals surface area contributed by atoms with Crippen LogP contribution in [0, 0.1) is 15.5 Å². The van der Waals surface area contributed by atoms with Crippen LogP contribution in [0.15, 0.2) is 44.7 Å². The number of hydrogen-bond acceptors (Lipinski definition) is 6. The highest BCUT2D eigenvalue weighted by molar-refractivity contribution is 9.10. The van der Waals surface area contributed by atoms with Crippen LogP contribution in [0.4, 0.5) is 5.69 Å². The molecule has 0 aliphatic rings. The van der Waals surface area contributed by atoms with Gasteiger partial charge in [-0.1, -0.05) is 55.2 Å². The number of hydrogen-bond donors (Lipinski definition) is 0. The van der Waals surface area contributed by atoms with Crippen molar-refractivity contribution >= 4 is 50.3 Å². The van der Waals surface area contributed by atoms with Gasteiger partial charge < -0.3 is 4.74 Å². The lowest BCUT2D eigenvalue weighted by Crippen LogP contribution is -2.22. The number of aryl methyl sites for hydroxylation is 1. The fourth-order valence-corrected chi connectivity index (χ4v) is 3.52. The molecule has 168 valence electrons. The molecule has 0 amide bonds. The molecular formula is C22H22BrClN4O4. The van der Waals surface area contributed by atoms with Crippen molar-refractivity contribution < 1.29 is 9.66 Å². The highest BCUT2D eigenvalue weighted by Gasteiger charge is 2.23. The largest absolute Gasteiger partial charge is 0.486 e. The van der Waals surface area contributed by atoms with E-state index in [1.807, 2.05) is 33.8 Å². The van der Waals surface area contributed by atoms with Gasteiger partial charge in [-0.3, -0.25) is 14.9 Å². The lowest BCUT2D eigenvalue weighted by Gasteiger charge is -2.19. The van der Waals surface area contributed by atoms with E-state index in [0.717, 1.165) is 4.47 Å². The lowest BCUT2D eigenvalue weighted by molar-refractivity contribution is -0.385. The van der Waals surface area contributed by atoms with Gasteiger partial charge in [-0.15, -0.1) is 0 Å². The third-order valence-corrected chi connectivity index (χ3v) is 5.12. The van der Waals surface area contributed by atoms with E-state index in [-0.39, 0.29) is 39.6 Å². The molecule has 0 N–H and O–H groups in total. The Bertz CT molecular complexity index is 1280. The van der Waals surface area contributed by atoms with Gasteiger partial charge in [-0.05, 0) is 29.7 Å². The smallest absolute Gasteiger partial charge is 0.313 e. The molecule has 10 heteroatoms. The number of nitro benzene ring substituents is 1. The first-order valence-corrected chi connectivity index (χ1v) is 11.0. The van der Waals surface area contributed by atoms with Crippen molar-refractivity contribution in [3.63, 3.8) is 0 Å². The third-order valence-electron chi connectivity index (χ3n) is 4.41. The molecule has 8 nitrogen and oxygen atoms in total. The molecule has 0 aliphatic carbocycles. The molecule has 0 fully saturated rings. The third kappa shape index (κ3) is 5.34. The summed E-state index contributed by atoms with van der Waals surface area (Å²) < 4.78 is 7.74. The van der Waals surface area contributed by atoms with Crippen molar-refractivity contribution in [1.82, 2.24) is 9.66 Å². The minimum absolute atomic E-state index is 0.0423. The fraction of sp³-hybridized carbons (Fsp3) is 0.318. The second-order valence-corrected chi connectivity index (χ2v) is 9.71. The molecule has 0 spiro atoms. The van der Waals surface area contributed by atoms with Gasteiger partial charge in [0.05, 0.1) is 28.6 Å². The Hall–Kier alpha value is -2.78. The van der Waals surface area contributed by atoms with E-state index < -0.39 is 4.92 Å². The number of fused-ring (bicyclic) bond motifs is 1. The number of ether oxygens (including phenoxy) is 1. The van der Waals surface area contributed by atoms with Crippen molar-refractivity contribution in [2.45, 2.75) is 34.1 Å². The number of benzene rings is 2. The molecule has 2 aromatic carbocycles. The Morgan fingerprint density at radius 3 is 2.66 bits per heavy atom. The molecule has 0 saturated carbocycles. The van der Waals surface area contributed by atoms with Gasteiger partial charge >= 0.3 is 5.69 Å².